The van der Waals surface area contributed by atoms with Crippen molar-refractivity contribution in [1.29, 1.82) is 0 Å². The van der Waals surface area contributed by atoms with Crippen molar-refractivity contribution < 1.29 is 33.1 Å². The number of hydrogen-bond donors (Lipinski definition) is 4. The fourth-order valence-electron chi connectivity index (χ4n) is 0.942. The largest absolute Gasteiger partial charge is 0.504 e. The van der Waals surface area contributed by atoms with Gasteiger partial charge in [0.15, 0.2) is 11.5 Å². The maximum Gasteiger partial charge on any atom is 0.339 e. The van der Waals surface area contributed by atoms with Crippen molar-refractivity contribution in [3.63, 3.8) is 0 Å². The molecule has 0 radical (unpaired) electrons. The second-order valence-corrected chi connectivity index (χ2v) is 3.98. The van der Waals surface area contributed by atoms with Crippen LogP contribution in [-0.2, 0) is 10.1 Å². The lowest BCUT2D eigenvalue weighted by Gasteiger charge is -2.05. The van der Waals surface area contributed by atoms with E-state index in [2.05, 4.69) is 0 Å². The maximum absolute atomic E-state index is 10.6. The van der Waals surface area contributed by atoms with Gasteiger partial charge in [0.05, 0.1) is 0 Å². The molecular weight excluding hydrogens is 228 g/mol. The molecule has 82 valence electrons. The van der Waals surface area contributed by atoms with Gasteiger partial charge < -0.3 is 15.3 Å². The zero-order valence-corrected chi connectivity index (χ0v) is 7.89. The lowest BCUT2D eigenvalue weighted by molar-refractivity contribution is 0.0692. The molecule has 15 heavy (non-hydrogen) atoms. The Balaban J connectivity index is 3.55. The third-order valence-corrected chi connectivity index (χ3v) is 2.51. The van der Waals surface area contributed by atoms with E-state index >= 15 is 0 Å². The molecule has 0 aromatic heterocycles. The zero-order valence-electron chi connectivity index (χ0n) is 7.08. The number of carboxylic acids is 1. The number of carbonyl (C=O) groups is 1. The van der Waals surface area contributed by atoms with Crippen LogP contribution in [0.4, 0.5) is 0 Å². The van der Waals surface area contributed by atoms with Gasteiger partial charge in [-0.05, 0) is 12.1 Å². The summed E-state index contributed by atoms with van der Waals surface area (Å²) in [6, 6.07) is 1.42. The molecule has 1 aromatic carbocycles. The van der Waals surface area contributed by atoms with Crippen LogP contribution in [0.3, 0.4) is 0 Å². The lowest BCUT2D eigenvalue weighted by Crippen LogP contribution is -2.02. The number of phenols is 2. The van der Waals surface area contributed by atoms with Gasteiger partial charge in [0.1, 0.15) is 10.5 Å². The van der Waals surface area contributed by atoms with Crippen LogP contribution in [0.5, 0.6) is 11.5 Å². The predicted octanol–water partition coefficient (Wildman–Crippen LogP) is 0.0427. The van der Waals surface area contributed by atoms with Crippen LogP contribution in [0, 0.1) is 0 Å². The molecule has 1 aromatic rings. The third-order valence-electron chi connectivity index (χ3n) is 1.62. The summed E-state index contributed by atoms with van der Waals surface area (Å²) < 4.78 is 29.8. The van der Waals surface area contributed by atoms with Gasteiger partial charge in [0, 0.05) is 0 Å². The first kappa shape index (κ1) is 11.3. The Morgan fingerprint density at radius 3 is 2.07 bits per heavy atom. The van der Waals surface area contributed by atoms with Crippen LogP contribution in [0.1, 0.15) is 10.4 Å². The minimum Gasteiger partial charge on any atom is -0.504 e. The average molecular weight is 234 g/mol. The van der Waals surface area contributed by atoms with Crippen molar-refractivity contribution in [3.8, 4) is 11.5 Å². The van der Waals surface area contributed by atoms with Crippen LogP contribution >= 0.6 is 0 Å². The van der Waals surface area contributed by atoms with Crippen molar-refractivity contribution in [2.24, 2.45) is 0 Å². The van der Waals surface area contributed by atoms with Gasteiger partial charge >= 0.3 is 5.97 Å². The summed E-state index contributed by atoms with van der Waals surface area (Å²) in [4.78, 5) is 9.50. The molecular formula is C7H6O7S. The fourth-order valence-corrected chi connectivity index (χ4v) is 1.52. The second kappa shape index (κ2) is 3.41. The zero-order chi connectivity index (χ0) is 11.8. The number of aromatic carboxylic acids is 1. The maximum atomic E-state index is 10.6. The van der Waals surface area contributed by atoms with Crippen LogP contribution in [0.25, 0.3) is 0 Å². The molecule has 0 fully saturated rings. The van der Waals surface area contributed by atoms with Gasteiger partial charge in [0.25, 0.3) is 10.1 Å². The Hall–Kier alpha value is -1.80. The van der Waals surface area contributed by atoms with Crippen molar-refractivity contribution in [1.82, 2.24) is 0 Å². The normalized spacial score (nSPS) is 11.3. The summed E-state index contributed by atoms with van der Waals surface area (Å²) in [6.07, 6.45) is 0. The average Bonchev–Trinajstić information content (AvgIpc) is 2.06. The molecule has 0 saturated carbocycles. The molecule has 0 atom stereocenters. The summed E-state index contributed by atoms with van der Waals surface area (Å²) >= 11 is 0. The first-order chi connectivity index (χ1) is 6.75. The molecule has 0 aliphatic rings. The molecule has 1 rings (SSSR count). The Morgan fingerprint density at radius 1 is 1.13 bits per heavy atom. The van der Waals surface area contributed by atoms with Gasteiger partial charge in [-0.25, -0.2) is 4.79 Å². The van der Waals surface area contributed by atoms with E-state index in [1.54, 1.807) is 0 Å². The molecule has 0 aliphatic heterocycles. The quantitative estimate of drug-likeness (QED) is 0.419. The van der Waals surface area contributed by atoms with E-state index in [4.69, 9.17) is 19.9 Å². The minimum atomic E-state index is -4.70. The summed E-state index contributed by atoms with van der Waals surface area (Å²) in [5.74, 6) is -3.85. The summed E-state index contributed by atoms with van der Waals surface area (Å²) in [7, 11) is -4.70. The first-order valence-electron chi connectivity index (χ1n) is 3.51. The number of benzene rings is 1. The fraction of sp³-hybridized carbons (Fsp3) is 0. The van der Waals surface area contributed by atoms with E-state index in [0.29, 0.717) is 6.07 Å². The predicted molar refractivity (Wildman–Crippen MR) is 46.5 cm³/mol. The van der Waals surface area contributed by atoms with E-state index in [1.165, 1.54) is 0 Å². The standard InChI is InChI=1S/C7H6O7S/c8-5-3(7(10)11)1-2-4(6(5)9)15(12,13)14/h1-2,8-9H,(H,10,11)(H,12,13,14). The van der Waals surface area contributed by atoms with E-state index in [9.17, 15) is 13.2 Å². The summed E-state index contributed by atoms with van der Waals surface area (Å²) in [5, 5.41) is 26.7. The first-order valence-corrected chi connectivity index (χ1v) is 4.95. The number of phenolic OH excluding ortho intramolecular Hbond substituents is 1. The number of hydrogen-bond acceptors (Lipinski definition) is 5. The van der Waals surface area contributed by atoms with Crippen molar-refractivity contribution in [2.45, 2.75) is 4.90 Å². The molecule has 0 saturated heterocycles. The Bertz CT molecular complexity index is 516. The van der Waals surface area contributed by atoms with Gasteiger partial charge in [-0.2, -0.15) is 8.42 Å². The van der Waals surface area contributed by atoms with Crippen LogP contribution < -0.4 is 0 Å². The Morgan fingerprint density at radius 2 is 1.67 bits per heavy atom. The Kier molecular flexibility index (Phi) is 2.56. The molecule has 0 unspecified atom stereocenters. The molecule has 0 amide bonds. The van der Waals surface area contributed by atoms with E-state index in [-0.39, 0.29) is 0 Å². The van der Waals surface area contributed by atoms with Crippen molar-refractivity contribution >= 4 is 16.1 Å². The van der Waals surface area contributed by atoms with Gasteiger partial charge in [-0.1, -0.05) is 0 Å². The monoisotopic (exact) mass is 234 g/mol. The highest BCUT2D eigenvalue weighted by Crippen LogP contribution is 2.35. The van der Waals surface area contributed by atoms with Crippen LogP contribution in [0.2, 0.25) is 0 Å². The number of rotatable bonds is 2. The number of aromatic hydroxyl groups is 2. The Labute approximate surface area is 84.0 Å². The van der Waals surface area contributed by atoms with Crippen molar-refractivity contribution in [3.05, 3.63) is 17.7 Å². The van der Waals surface area contributed by atoms with E-state index < -0.39 is 38.0 Å². The van der Waals surface area contributed by atoms with Crippen molar-refractivity contribution in [2.75, 3.05) is 0 Å². The smallest absolute Gasteiger partial charge is 0.339 e. The molecule has 8 heteroatoms. The SMILES string of the molecule is O=C(O)c1ccc(S(=O)(=O)O)c(O)c1O. The highest BCUT2D eigenvalue weighted by molar-refractivity contribution is 7.86. The topological polar surface area (TPSA) is 132 Å². The van der Waals surface area contributed by atoms with E-state index in [0.717, 1.165) is 6.07 Å². The second-order valence-electron chi connectivity index (χ2n) is 2.59. The summed E-state index contributed by atoms with van der Waals surface area (Å²) in [5.41, 5.74) is -0.667. The molecule has 0 spiro atoms. The molecule has 7 nitrogen and oxygen atoms in total. The van der Waals surface area contributed by atoms with Gasteiger partial charge in [-0.3, -0.25) is 4.55 Å². The van der Waals surface area contributed by atoms with Crippen LogP contribution in [0.15, 0.2) is 17.0 Å². The molecule has 0 bridgehead atoms. The number of carboxylic acid groups (broad SMARTS) is 1. The lowest BCUT2D eigenvalue weighted by atomic mass is 10.2. The van der Waals surface area contributed by atoms with Crippen LogP contribution in [-0.4, -0.2) is 34.3 Å². The molecule has 0 heterocycles. The highest BCUT2D eigenvalue weighted by Gasteiger charge is 2.22. The van der Waals surface area contributed by atoms with Gasteiger partial charge in [0.2, 0.25) is 0 Å². The third kappa shape index (κ3) is 2.00. The summed E-state index contributed by atoms with van der Waals surface area (Å²) in [6.45, 7) is 0. The van der Waals surface area contributed by atoms with Gasteiger partial charge in [-0.15, -0.1) is 0 Å². The minimum absolute atomic E-state index is 0.667. The highest BCUT2D eigenvalue weighted by atomic mass is 32.2. The van der Waals surface area contributed by atoms with E-state index in [1.807, 2.05) is 0 Å². The molecule has 0 aliphatic carbocycles. The molecule has 4 N–H and O–H groups in total.